The zero-order valence-corrected chi connectivity index (χ0v) is 8.29. The summed E-state index contributed by atoms with van der Waals surface area (Å²) in [5.41, 5.74) is 1.34. The second kappa shape index (κ2) is 5.60. The van der Waals surface area contributed by atoms with Crippen LogP contribution in [0.5, 0.6) is 0 Å². The van der Waals surface area contributed by atoms with Gasteiger partial charge < -0.3 is 9.88 Å². The maximum atomic E-state index is 3.66. The molecule has 0 bridgehead atoms. The number of hydrogen-bond donors (Lipinski definition) is 1. The van der Waals surface area contributed by atoms with E-state index in [0.29, 0.717) is 0 Å². The molecule has 0 spiro atoms. The zero-order valence-electron chi connectivity index (χ0n) is 8.29. The molecular formula is C11H18N2. The molecular weight excluding hydrogens is 160 g/mol. The molecule has 0 radical (unpaired) electrons. The van der Waals surface area contributed by atoms with Gasteiger partial charge in [-0.3, -0.25) is 0 Å². The summed E-state index contributed by atoms with van der Waals surface area (Å²) in [5.74, 6) is 0. The Balaban J connectivity index is 2.35. The topological polar surface area (TPSA) is 17.0 Å². The smallest absolute Gasteiger partial charge is 0.0223 e. The molecule has 0 saturated carbocycles. The van der Waals surface area contributed by atoms with E-state index in [1.54, 1.807) is 0 Å². The van der Waals surface area contributed by atoms with Gasteiger partial charge in [-0.1, -0.05) is 13.0 Å². The van der Waals surface area contributed by atoms with Crippen LogP contribution in [0.25, 0.3) is 0 Å². The summed E-state index contributed by atoms with van der Waals surface area (Å²) < 4.78 is 2.23. The lowest BCUT2D eigenvalue weighted by Gasteiger charge is -1.99. The van der Waals surface area contributed by atoms with Crippen LogP contribution in [0.15, 0.2) is 31.1 Å². The molecule has 2 nitrogen and oxygen atoms in total. The van der Waals surface area contributed by atoms with Gasteiger partial charge >= 0.3 is 0 Å². The van der Waals surface area contributed by atoms with E-state index in [1.807, 2.05) is 6.08 Å². The Hall–Kier alpha value is -1.02. The van der Waals surface area contributed by atoms with Gasteiger partial charge in [-0.2, -0.15) is 0 Å². The van der Waals surface area contributed by atoms with Gasteiger partial charge in [0.25, 0.3) is 0 Å². The van der Waals surface area contributed by atoms with Crippen LogP contribution in [0, 0.1) is 0 Å². The minimum atomic E-state index is 0.874. The third kappa shape index (κ3) is 3.47. The van der Waals surface area contributed by atoms with Crippen molar-refractivity contribution in [1.82, 2.24) is 9.88 Å². The highest BCUT2D eigenvalue weighted by Crippen LogP contribution is 2.01. The van der Waals surface area contributed by atoms with E-state index < -0.39 is 0 Å². The van der Waals surface area contributed by atoms with E-state index in [1.165, 1.54) is 12.0 Å². The fourth-order valence-corrected chi connectivity index (χ4v) is 1.31. The number of nitrogens with zero attached hydrogens (tertiary/aromatic N) is 1. The van der Waals surface area contributed by atoms with Crippen molar-refractivity contribution in [2.75, 3.05) is 6.54 Å². The minimum absolute atomic E-state index is 0.874. The standard InChI is InChI=1S/C11H18N2/c1-3-6-12-9-11-5-8-13(10-11)7-4-2/h3,5,8,10,12H,1,4,6-7,9H2,2H3. The largest absolute Gasteiger partial charge is 0.354 e. The fraction of sp³-hybridized carbons (Fsp3) is 0.455. The Morgan fingerprint density at radius 1 is 1.62 bits per heavy atom. The summed E-state index contributed by atoms with van der Waals surface area (Å²) in [4.78, 5) is 0. The van der Waals surface area contributed by atoms with Crippen molar-refractivity contribution < 1.29 is 0 Å². The van der Waals surface area contributed by atoms with E-state index in [4.69, 9.17) is 0 Å². The maximum absolute atomic E-state index is 3.66. The van der Waals surface area contributed by atoms with Gasteiger partial charge in [0.1, 0.15) is 0 Å². The number of rotatable bonds is 6. The van der Waals surface area contributed by atoms with Crippen LogP contribution in [-0.4, -0.2) is 11.1 Å². The molecule has 0 fully saturated rings. The molecule has 72 valence electrons. The third-order valence-electron chi connectivity index (χ3n) is 1.91. The van der Waals surface area contributed by atoms with Crippen LogP contribution in [-0.2, 0) is 13.1 Å². The average molecular weight is 178 g/mol. The maximum Gasteiger partial charge on any atom is 0.0223 e. The molecule has 0 aliphatic heterocycles. The number of hydrogen-bond acceptors (Lipinski definition) is 1. The summed E-state index contributed by atoms with van der Waals surface area (Å²) >= 11 is 0. The summed E-state index contributed by atoms with van der Waals surface area (Å²) in [6.45, 7) is 8.77. The van der Waals surface area contributed by atoms with Gasteiger partial charge in [0, 0.05) is 32.0 Å². The first-order valence-corrected chi connectivity index (χ1v) is 4.83. The lowest BCUT2D eigenvalue weighted by atomic mass is 10.3. The van der Waals surface area contributed by atoms with Crippen molar-refractivity contribution in [1.29, 1.82) is 0 Å². The molecule has 0 aromatic carbocycles. The van der Waals surface area contributed by atoms with Crippen LogP contribution in [0.2, 0.25) is 0 Å². The van der Waals surface area contributed by atoms with Crippen molar-refractivity contribution in [3.63, 3.8) is 0 Å². The number of nitrogens with one attached hydrogen (secondary N) is 1. The highest BCUT2D eigenvalue weighted by Gasteiger charge is 1.94. The van der Waals surface area contributed by atoms with Crippen molar-refractivity contribution >= 4 is 0 Å². The second-order valence-electron chi connectivity index (χ2n) is 3.18. The first-order valence-electron chi connectivity index (χ1n) is 4.83. The Kier molecular flexibility index (Phi) is 4.33. The zero-order chi connectivity index (χ0) is 9.52. The molecule has 0 amide bonds. The molecule has 13 heavy (non-hydrogen) atoms. The van der Waals surface area contributed by atoms with Gasteiger partial charge in [0.05, 0.1) is 0 Å². The second-order valence-corrected chi connectivity index (χ2v) is 3.18. The summed E-state index contributed by atoms with van der Waals surface area (Å²) in [6.07, 6.45) is 7.39. The van der Waals surface area contributed by atoms with E-state index in [0.717, 1.165) is 19.6 Å². The normalized spacial score (nSPS) is 10.2. The lowest BCUT2D eigenvalue weighted by molar-refractivity contribution is 0.677. The van der Waals surface area contributed by atoms with Gasteiger partial charge in [-0.05, 0) is 18.1 Å². The van der Waals surface area contributed by atoms with Crippen molar-refractivity contribution in [3.8, 4) is 0 Å². The molecule has 2 heteroatoms. The van der Waals surface area contributed by atoms with Gasteiger partial charge in [0.2, 0.25) is 0 Å². The van der Waals surface area contributed by atoms with Crippen LogP contribution >= 0.6 is 0 Å². The highest BCUT2D eigenvalue weighted by molar-refractivity contribution is 5.09. The Morgan fingerprint density at radius 2 is 2.46 bits per heavy atom. The van der Waals surface area contributed by atoms with Crippen LogP contribution in [0.1, 0.15) is 18.9 Å². The van der Waals surface area contributed by atoms with Crippen LogP contribution < -0.4 is 5.32 Å². The minimum Gasteiger partial charge on any atom is -0.354 e. The average Bonchev–Trinajstić information content (AvgIpc) is 2.54. The van der Waals surface area contributed by atoms with Gasteiger partial charge in [-0.25, -0.2) is 0 Å². The van der Waals surface area contributed by atoms with Crippen molar-refractivity contribution in [2.45, 2.75) is 26.4 Å². The molecule has 1 aromatic rings. The molecule has 0 aliphatic rings. The highest BCUT2D eigenvalue weighted by atomic mass is 14.9. The first-order chi connectivity index (χ1) is 6.36. The third-order valence-corrected chi connectivity index (χ3v) is 1.91. The molecule has 1 rings (SSSR count). The first kappa shape index (κ1) is 10.1. The monoisotopic (exact) mass is 178 g/mol. The quantitative estimate of drug-likeness (QED) is 0.522. The Bertz CT molecular complexity index is 250. The van der Waals surface area contributed by atoms with Gasteiger partial charge in [-0.15, -0.1) is 6.58 Å². The molecule has 1 N–H and O–H groups in total. The molecule has 0 aliphatic carbocycles. The fourth-order valence-electron chi connectivity index (χ4n) is 1.31. The summed E-state index contributed by atoms with van der Waals surface area (Å²) in [7, 11) is 0. The van der Waals surface area contributed by atoms with Crippen LogP contribution in [0.3, 0.4) is 0 Å². The lowest BCUT2D eigenvalue weighted by Crippen LogP contribution is -2.11. The Morgan fingerprint density at radius 3 is 3.15 bits per heavy atom. The Labute approximate surface area is 80.3 Å². The molecule has 0 saturated heterocycles. The predicted octanol–water partition coefficient (Wildman–Crippen LogP) is 2.17. The SMILES string of the molecule is C=CCNCc1ccn(CCC)c1. The molecule has 1 aromatic heterocycles. The summed E-state index contributed by atoms with van der Waals surface area (Å²) in [6, 6.07) is 2.16. The van der Waals surface area contributed by atoms with E-state index in [9.17, 15) is 0 Å². The van der Waals surface area contributed by atoms with E-state index in [-0.39, 0.29) is 0 Å². The van der Waals surface area contributed by atoms with Crippen molar-refractivity contribution in [3.05, 3.63) is 36.7 Å². The van der Waals surface area contributed by atoms with Crippen molar-refractivity contribution in [2.24, 2.45) is 0 Å². The van der Waals surface area contributed by atoms with E-state index in [2.05, 4.69) is 41.8 Å². The molecule has 0 atom stereocenters. The number of aromatic nitrogens is 1. The van der Waals surface area contributed by atoms with Crippen LogP contribution in [0.4, 0.5) is 0 Å². The predicted molar refractivity (Wildman–Crippen MR) is 56.6 cm³/mol. The number of aryl methyl sites for hydroxylation is 1. The molecule has 0 unspecified atom stereocenters. The molecule has 1 heterocycles. The van der Waals surface area contributed by atoms with Gasteiger partial charge in [0.15, 0.2) is 0 Å². The van der Waals surface area contributed by atoms with E-state index >= 15 is 0 Å². The summed E-state index contributed by atoms with van der Waals surface area (Å²) in [5, 5.41) is 3.28.